The third-order valence-electron chi connectivity index (χ3n) is 3.95. The molecule has 0 aliphatic heterocycles. The predicted molar refractivity (Wildman–Crippen MR) is 91.4 cm³/mol. The van der Waals surface area contributed by atoms with Crippen LogP contribution in [0.1, 0.15) is 28.2 Å². The number of sulfonamides is 1. The fraction of sp³-hybridized carbons (Fsp3) is 0.353. The van der Waals surface area contributed by atoms with Crippen LogP contribution in [0.4, 0.5) is 0 Å². The number of rotatable bonds is 7. The number of esters is 1. The third-order valence-corrected chi connectivity index (χ3v) is 5.53. The molecule has 1 heterocycles. The van der Waals surface area contributed by atoms with Crippen molar-refractivity contribution in [1.82, 2.24) is 9.29 Å². The Labute approximate surface area is 142 Å². The Balaban J connectivity index is 2.04. The van der Waals surface area contributed by atoms with E-state index in [9.17, 15) is 13.2 Å². The second-order valence-electron chi connectivity index (χ2n) is 5.52. The summed E-state index contributed by atoms with van der Waals surface area (Å²) in [6.07, 6.45) is 1.49. The van der Waals surface area contributed by atoms with Crippen LogP contribution in [0.2, 0.25) is 0 Å². The maximum Gasteiger partial charge on any atom is 0.354 e. The van der Waals surface area contributed by atoms with E-state index in [1.165, 1.54) is 23.3 Å². The zero-order valence-corrected chi connectivity index (χ0v) is 14.9. The van der Waals surface area contributed by atoms with Crippen LogP contribution in [0.15, 0.2) is 41.3 Å². The van der Waals surface area contributed by atoms with Crippen molar-refractivity contribution in [2.75, 3.05) is 13.7 Å². The fourth-order valence-corrected chi connectivity index (χ4v) is 3.83. The minimum atomic E-state index is -3.67. The third kappa shape index (κ3) is 4.04. The Kier molecular flexibility index (Phi) is 5.80. The molecule has 2 aromatic rings. The highest BCUT2D eigenvalue weighted by Gasteiger charge is 2.24. The standard InChI is InChI=1S/C17H22N2O4S/c1-13-16(12-15(19(13)2)17(20)23-3)24(21,22)18-11-7-10-14-8-5-4-6-9-14/h4-6,8-9,12,18H,7,10-11H2,1-3H3. The molecule has 0 radical (unpaired) electrons. The topological polar surface area (TPSA) is 77.4 Å². The highest BCUT2D eigenvalue weighted by molar-refractivity contribution is 7.89. The number of ether oxygens (including phenoxy) is 1. The molecule has 1 N–H and O–H groups in total. The van der Waals surface area contributed by atoms with Crippen molar-refractivity contribution in [1.29, 1.82) is 0 Å². The van der Waals surface area contributed by atoms with Crippen molar-refractivity contribution >= 4 is 16.0 Å². The zero-order valence-electron chi connectivity index (χ0n) is 14.1. The average molecular weight is 350 g/mol. The molecule has 0 unspecified atom stereocenters. The van der Waals surface area contributed by atoms with Gasteiger partial charge in [0.15, 0.2) is 0 Å². The summed E-state index contributed by atoms with van der Waals surface area (Å²) in [5.74, 6) is -0.564. The number of methoxy groups -OCH3 is 1. The Hall–Kier alpha value is -2.12. The van der Waals surface area contributed by atoms with Crippen LogP contribution in [0.25, 0.3) is 0 Å². The van der Waals surface area contributed by atoms with Gasteiger partial charge in [0.25, 0.3) is 0 Å². The first kappa shape index (κ1) is 18.2. The van der Waals surface area contributed by atoms with Crippen LogP contribution in [-0.2, 0) is 28.2 Å². The van der Waals surface area contributed by atoms with Crippen molar-refractivity contribution in [3.8, 4) is 0 Å². The maximum atomic E-state index is 12.5. The van der Waals surface area contributed by atoms with Gasteiger partial charge in [0.2, 0.25) is 10.0 Å². The summed E-state index contributed by atoms with van der Waals surface area (Å²) in [5, 5.41) is 0. The van der Waals surface area contributed by atoms with Gasteiger partial charge in [0.1, 0.15) is 10.6 Å². The van der Waals surface area contributed by atoms with Gasteiger partial charge < -0.3 is 9.30 Å². The van der Waals surface area contributed by atoms with E-state index in [1.54, 1.807) is 14.0 Å². The van der Waals surface area contributed by atoms with E-state index in [0.717, 1.165) is 6.42 Å². The van der Waals surface area contributed by atoms with Gasteiger partial charge in [-0.05, 0) is 31.4 Å². The van der Waals surface area contributed by atoms with Crippen LogP contribution >= 0.6 is 0 Å². The molecule has 6 nitrogen and oxygen atoms in total. The molecule has 24 heavy (non-hydrogen) atoms. The van der Waals surface area contributed by atoms with Crippen molar-refractivity contribution in [2.24, 2.45) is 7.05 Å². The van der Waals surface area contributed by atoms with Crippen LogP contribution in [0.3, 0.4) is 0 Å². The molecular formula is C17H22N2O4S. The number of hydrogen-bond acceptors (Lipinski definition) is 4. The van der Waals surface area contributed by atoms with Gasteiger partial charge in [-0.15, -0.1) is 0 Å². The molecule has 0 bridgehead atoms. The molecule has 0 atom stereocenters. The lowest BCUT2D eigenvalue weighted by Gasteiger charge is -2.07. The van der Waals surface area contributed by atoms with Crippen molar-refractivity contribution in [2.45, 2.75) is 24.7 Å². The minimum absolute atomic E-state index is 0.102. The predicted octanol–water partition coefficient (Wildman–Crippen LogP) is 2.03. The Morgan fingerprint density at radius 3 is 2.54 bits per heavy atom. The Morgan fingerprint density at radius 2 is 1.92 bits per heavy atom. The summed E-state index contributed by atoms with van der Waals surface area (Å²) in [5.41, 5.74) is 1.87. The van der Waals surface area contributed by atoms with Gasteiger partial charge in [-0.1, -0.05) is 30.3 Å². The molecule has 1 aromatic carbocycles. The smallest absolute Gasteiger partial charge is 0.354 e. The lowest BCUT2D eigenvalue weighted by Crippen LogP contribution is -2.25. The van der Waals surface area contributed by atoms with E-state index in [0.29, 0.717) is 18.7 Å². The van der Waals surface area contributed by atoms with E-state index in [2.05, 4.69) is 9.46 Å². The molecule has 0 aliphatic rings. The number of nitrogens with one attached hydrogen (secondary N) is 1. The molecule has 0 spiro atoms. The lowest BCUT2D eigenvalue weighted by molar-refractivity contribution is 0.0589. The first-order valence-corrected chi connectivity index (χ1v) is 9.13. The average Bonchev–Trinajstić information content (AvgIpc) is 2.88. The Bertz CT molecular complexity index is 811. The Morgan fingerprint density at radius 1 is 1.25 bits per heavy atom. The van der Waals surface area contributed by atoms with Crippen molar-refractivity contribution in [3.63, 3.8) is 0 Å². The minimum Gasteiger partial charge on any atom is -0.464 e. The van der Waals surface area contributed by atoms with E-state index >= 15 is 0 Å². The van der Waals surface area contributed by atoms with Crippen LogP contribution < -0.4 is 4.72 Å². The normalized spacial score (nSPS) is 11.5. The summed E-state index contributed by atoms with van der Waals surface area (Å²) in [6, 6.07) is 11.2. The summed E-state index contributed by atoms with van der Waals surface area (Å²) in [4.78, 5) is 11.8. The molecule has 0 aliphatic carbocycles. The molecule has 1 aromatic heterocycles. The first-order valence-electron chi connectivity index (χ1n) is 7.65. The number of aromatic nitrogens is 1. The van der Waals surface area contributed by atoms with Gasteiger partial charge in [-0.3, -0.25) is 0 Å². The molecule has 130 valence electrons. The molecule has 0 saturated carbocycles. The number of carbonyl (C=O) groups excluding carboxylic acids is 1. The highest BCUT2D eigenvalue weighted by Crippen LogP contribution is 2.20. The van der Waals surface area contributed by atoms with E-state index in [1.807, 2.05) is 30.3 Å². The van der Waals surface area contributed by atoms with Gasteiger partial charge in [0, 0.05) is 19.3 Å². The van der Waals surface area contributed by atoms with Crippen LogP contribution in [0.5, 0.6) is 0 Å². The van der Waals surface area contributed by atoms with Gasteiger partial charge >= 0.3 is 5.97 Å². The summed E-state index contributed by atoms with van der Waals surface area (Å²) in [6.45, 7) is 1.99. The quantitative estimate of drug-likeness (QED) is 0.612. The van der Waals surface area contributed by atoms with Crippen LogP contribution in [-0.4, -0.2) is 32.6 Å². The lowest BCUT2D eigenvalue weighted by atomic mass is 10.1. The van der Waals surface area contributed by atoms with E-state index in [4.69, 9.17) is 0 Å². The number of nitrogens with zero attached hydrogens (tertiary/aromatic N) is 1. The molecule has 0 fully saturated rings. The number of carbonyl (C=O) groups is 1. The van der Waals surface area contributed by atoms with Gasteiger partial charge in [0.05, 0.1) is 7.11 Å². The maximum absolute atomic E-state index is 12.5. The largest absolute Gasteiger partial charge is 0.464 e. The van der Waals surface area contributed by atoms with Crippen molar-refractivity contribution < 1.29 is 17.9 Å². The SMILES string of the molecule is COC(=O)c1cc(S(=O)(=O)NCCCc2ccccc2)c(C)n1C. The highest BCUT2D eigenvalue weighted by atomic mass is 32.2. The van der Waals surface area contributed by atoms with Crippen LogP contribution in [0, 0.1) is 6.92 Å². The second-order valence-corrected chi connectivity index (χ2v) is 7.25. The summed E-state index contributed by atoms with van der Waals surface area (Å²) >= 11 is 0. The van der Waals surface area contributed by atoms with E-state index in [-0.39, 0.29) is 10.6 Å². The zero-order chi connectivity index (χ0) is 17.7. The number of aryl methyl sites for hydroxylation is 1. The summed E-state index contributed by atoms with van der Waals surface area (Å²) in [7, 11) is -0.768. The second kappa shape index (κ2) is 7.63. The molecular weight excluding hydrogens is 328 g/mol. The first-order chi connectivity index (χ1) is 11.4. The van der Waals surface area contributed by atoms with E-state index < -0.39 is 16.0 Å². The van der Waals surface area contributed by atoms with Crippen molar-refractivity contribution in [3.05, 3.63) is 53.3 Å². The molecule has 2 rings (SSSR count). The number of benzene rings is 1. The number of hydrogen-bond donors (Lipinski definition) is 1. The summed E-state index contributed by atoms with van der Waals surface area (Å²) < 4.78 is 33.7. The van der Waals surface area contributed by atoms with Gasteiger partial charge in [-0.2, -0.15) is 0 Å². The molecule has 0 saturated heterocycles. The monoisotopic (exact) mass is 350 g/mol. The molecule has 7 heteroatoms. The molecule has 0 amide bonds. The van der Waals surface area contributed by atoms with Gasteiger partial charge in [-0.25, -0.2) is 17.9 Å². The fourth-order valence-electron chi connectivity index (χ4n) is 2.47.